The minimum atomic E-state index is -1.58. The molecule has 0 aromatic rings. The van der Waals surface area contributed by atoms with Crippen molar-refractivity contribution in [2.75, 3.05) is 13.2 Å². The van der Waals surface area contributed by atoms with E-state index in [0.29, 0.717) is 18.3 Å². The first-order valence-electron chi connectivity index (χ1n) is 17.9. The molecular weight excluding hydrogens is 628 g/mol. The van der Waals surface area contributed by atoms with Gasteiger partial charge in [-0.1, -0.05) is 13.8 Å². The Bertz CT molecular complexity index is 1230. The van der Waals surface area contributed by atoms with Crippen LogP contribution in [-0.2, 0) is 28.5 Å². The van der Waals surface area contributed by atoms with Gasteiger partial charge in [-0.3, -0.25) is 0 Å². The highest BCUT2D eigenvalue weighted by Crippen LogP contribution is 2.70. The first-order valence-corrected chi connectivity index (χ1v) is 17.9. The van der Waals surface area contributed by atoms with Gasteiger partial charge in [0.2, 0.25) is 0 Å². The van der Waals surface area contributed by atoms with Gasteiger partial charge in [-0.25, -0.2) is 4.79 Å². The molecule has 4 aliphatic carbocycles. The van der Waals surface area contributed by atoms with Gasteiger partial charge in [-0.2, -0.15) is 0 Å². The van der Waals surface area contributed by atoms with Crippen LogP contribution in [0, 0.1) is 34.5 Å². The van der Waals surface area contributed by atoms with E-state index in [1.165, 1.54) is 6.08 Å². The monoisotopic (exact) mass is 682 g/mol. The summed E-state index contributed by atoms with van der Waals surface area (Å²) in [5.74, 6) is 0.0985. The fraction of sp³-hybridized carbons (Fsp3) is 0.914. The zero-order valence-corrected chi connectivity index (χ0v) is 28.1. The summed E-state index contributed by atoms with van der Waals surface area (Å²) in [5.41, 5.74) is -0.737. The molecule has 0 spiro atoms. The van der Waals surface area contributed by atoms with Gasteiger partial charge in [0.25, 0.3) is 0 Å². The molecule has 0 amide bonds. The molecule has 2 saturated heterocycles. The van der Waals surface area contributed by atoms with Gasteiger partial charge in [0.05, 0.1) is 36.6 Å². The Hall–Kier alpha value is -1.23. The van der Waals surface area contributed by atoms with Crippen LogP contribution in [0.2, 0.25) is 0 Å². The lowest BCUT2D eigenvalue weighted by atomic mass is 9.43. The second-order valence-corrected chi connectivity index (χ2v) is 16.4. The maximum absolute atomic E-state index is 12.5. The normalized spacial score (nSPS) is 55.3. The fourth-order valence-corrected chi connectivity index (χ4v) is 11.4. The lowest BCUT2D eigenvalue weighted by molar-refractivity contribution is -0.344. The lowest BCUT2D eigenvalue weighted by Gasteiger charge is -2.63. The third-order valence-corrected chi connectivity index (χ3v) is 14.0. The van der Waals surface area contributed by atoms with Crippen LogP contribution in [0.4, 0.5) is 0 Å². The standard InChI is InChI=1S/C35H54O13/c1-16-31(48-32-30(42)29(41)28(40)24(14-36)47-32)22(37)12-26(45-16)46-19-6-8-33(2)18(11-19)4-5-21-20(33)7-9-34(3)27(17-10-25(39)44-15-17)23(38)13-35(21,34)43/h10,16,18-24,26-32,36-38,40-43H,4-9,11-15H2,1-3H3/t16-,18-,19+,20+,21-,22+,23?,24-,26+,27+,28-,29+,30-,31-,32+,33+,34-,35+/m1/s1. The molecule has 1 unspecified atom stereocenters. The summed E-state index contributed by atoms with van der Waals surface area (Å²) in [7, 11) is 0. The molecule has 48 heavy (non-hydrogen) atoms. The zero-order chi connectivity index (χ0) is 34.3. The van der Waals surface area contributed by atoms with Gasteiger partial charge in [0.1, 0.15) is 37.1 Å². The molecule has 0 aromatic carbocycles. The molecule has 272 valence electrons. The number of hydrogen-bond donors (Lipinski definition) is 7. The molecular formula is C35H54O13. The van der Waals surface area contributed by atoms with E-state index < -0.39 is 79.0 Å². The number of cyclic esters (lactones) is 1. The molecule has 13 nitrogen and oxygen atoms in total. The van der Waals surface area contributed by atoms with Crippen LogP contribution in [-0.4, -0.2) is 128 Å². The topological polar surface area (TPSA) is 205 Å². The maximum Gasteiger partial charge on any atom is 0.331 e. The molecule has 0 bridgehead atoms. The minimum Gasteiger partial charge on any atom is -0.458 e. The Morgan fingerprint density at radius 2 is 1.67 bits per heavy atom. The van der Waals surface area contributed by atoms with Crippen LogP contribution in [0.15, 0.2) is 11.6 Å². The van der Waals surface area contributed by atoms with Crippen molar-refractivity contribution >= 4 is 5.97 Å². The Balaban J connectivity index is 0.969. The minimum absolute atomic E-state index is 0.0130. The highest BCUT2D eigenvalue weighted by Gasteiger charge is 2.70. The third kappa shape index (κ3) is 5.51. The van der Waals surface area contributed by atoms with Crippen LogP contribution in [0.5, 0.6) is 0 Å². The highest BCUT2D eigenvalue weighted by molar-refractivity contribution is 5.85. The number of carbonyl (C=O) groups is 1. The second-order valence-electron chi connectivity index (χ2n) is 16.4. The van der Waals surface area contributed by atoms with Gasteiger partial charge >= 0.3 is 5.97 Å². The summed E-state index contributed by atoms with van der Waals surface area (Å²) in [5, 5.41) is 74.9. The predicted octanol–water partition coefficient (Wildman–Crippen LogP) is 0.280. The van der Waals surface area contributed by atoms with E-state index >= 15 is 0 Å². The maximum atomic E-state index is 12.5. The Morgan fingerprint density at radius 3 is 2.35 bits per heavy atom. The van der Waals surface area contributed by atoms with Crippen molar-refractivity contribution in [3.05, 3.63) is 11.6 Å². The van der Waals surface area contributed by atoms with E-state index in [0.717, 1.165) is 50.5 Å². The van der Waals surface area contributed by atoms with Crippen LogP contribution < -0.4 is 0 Å². The number of rotatable bonds is 6. The number of carbonyl (C=O) groups excluding carboxylic acids is 1. The molecule has 7 rings (SSSR count). The molecule has 18 atom stereocenters. The zero-order valence-electron chi connectivity index (χ0n) is 28.1. The lowest BCUT2D eigenvalue weighted by Crippen LogP contribution is -2.62. The van der Waals surface area contributed by atoms with E-state index in [1.807, 2.05) is 0 Å². The molecule has 7 N–H and O–H groups in total. The quantitative estimate of drug-likeness (QED) is 0.149. The Labute approximate surface area is 281 Å². The predicted molar refractivity (Wildman–Crippen MR) is 166 cm³/mol. The van der Waals surface area contributed by atoms with E-state index in [2.05, 4.69) is 13.8 Å². The van der Waals surface area contributed by atoms with Gasteiger partial charge in [-0.05, 0) is 80.6 Å². The van der Waals surface area contributed by atoms with Crippen molar-refractivity contribution in [2.45, 2.75) is 152 Å². The Morgan fingerprint density at radius 1 is 0.896 bits per heavy atom. The number of ether oxygens (including phenoxy) is 5. The summed E-state index contributed by atoms with van der Waals surface area (Å²) < 4.78 is 29.1. The first-order chi connectivity index (χ1) is 22.7. The average Bonchev–Trinajstić information content (AvgIpc) is 3.54. The fourth-order valence-electron chi connectivity index (χ4n) is 11.4. The van der Waals surface area contributed by atoms with Crippen molar-refractivity contribution < 1.29 is 64.2 Å². The summed E-state index contributed by atoms with van der Waals surface area (Å²) in [6.45, 7) is 5.81. The van der Waals surface area contributed by atoms with E-state index in [1.54, 1.807) is 6.92 Å². The van der Waals surface area contributed by atoms with E-state index in [-0.39, 0.29) is 42.4 Å². The summed E-state index contributed by atoms with van der Waals surface area (Å²) >= 11 is 0. The number of fused-ring (bicyclic) bond motifs is 5. The van der Waals surface area contributed by atoms with Crippen molar-refractivity contribution in [1.82, 2.24) is 0 Å². The molecule has 7 aliphatic rings. The number of aliphatic hydroxyl groups is 7. The average molecular weight is 683 g/mol. The molecule has 3 aliphatic heterocycles. The van der Waals surface area contributed by atoms with Crippen molar-refractivity contribution in [3.8, 4) is 0 Å². The summed E-state index contributed by atoms with van der Waals surface area (Å²) in [4.78, 5) is 11.9. The van der Waals surface area contributed by atoms with Crippen molar-refractivity contribution in [2.24, 2.45) is 34.5 Å². The van der Waals surface area contributed by atoms with E-state index in [9.17, 15) is 40.5 Å². The van der Waals surface area contributed by atoms with Crippen molar-refractivity contribution in [1.29, 1.82) is 0 Å². The van der Waals surface area contributed by atoms with Gasteiger partial charge in [0, 0.05) is 30.3 Å². The SMILES string of the molecule is C[C@H]1O[C@@H](O[C@H]2CC[C@@]3(C)[C@H](CC[C@@H]4[C@@H]3CC[C@]3(C)[C@@H](C5=CC(=O)OC5)C(O)C[C@]43O)C2)C[C@H](O)[C@@H]1O[C@@H]1O[C@H](CO)[C@@H](O)[C@H](O)[C@H]1O. The van der Waals surface area contributed by atoms with Gasteiger partial charge < -0.3 is 59.4 Å². The molecule has 0 radical (unpaired) electrons. The smallest absolute Gasteiger partial charge is 0.331 e. The van der Waals surface area contributed by atoms with E-state index in [4.69, 9.17) is 23.7 Å². The summed E-state index contributed by atoms with van der Waals surface area (Å²) in [6.07, 6.45) is -3.04. The van der Waals surface area contributed by atoms with Crippen LogP contribution in [0.1, 0.15) is 78.6 Å². The third-order valence-electron chi connectivity index (χ3n) is 14.0. The molecule has 0 aromatic heterocycles. The first kappa shape index (κ1) is 35.2. The molecule has 3 heterocycles. The second kappa shape index (κ2) is 12.8. The summed E-state index contributed by atoms with van der Waals surface area (Å²) in [6, 6.07) is 0. The van der Waals surface area contributed by atoms with Crippen LogP contribution in [0.25, 0.3) is 0 Å². The van der Waals surface area contributed by atoms with Crippen molar-refractivity contribution in [3.63, 3.8) is 0 Å². The molecule has 6 fully saturated rings. The number of esters is 1. The van der Waals surface area contributed by atoms with Gasteiger partial charge in [-0.15, -0.1) is 0 Å². The largest absolute Gasteiger partial charge is 0.458 e. The van der Waals surface area contributed by atoms with Crippen LogP contribution >= 0.6 is 0 Å². The number of aliphatic hydroxyl groups excluding tert-OH is 6. The number of hydrogen-bond acceptors (Lipinski definition) is 13. The Kier molecular flexibility index (Phi) is 9.36. The van der Waals surface area contributed by atoms with Gasteiger partial charge in [0.15, 0.2) is 12.6 Å². The van der Waals surface area contributed by atoms with Crippen LogP contribution in [0.3, 0.4) is 0 Å². The molecule has 13 heteroatoms. The highest BCUT2D eigenvalue weighted by atomic mass is 16.7. The molecule has 4 saturated carbocycles.